The Labute approximate surface area is 115 Å². The number of nitrogens with zero attached hydrogens (tertiary/aromatic N) is 3. The van der Waals surface area contributed by atoms with Gasteiger partial charge in [0.1, 0.15) is 6.33 Å². The number of carboxylic acid groups (broad SMARTS) is 1. The first-order chi connectivity index (χ1) is 9.45. The summed E-state index contributed by atoms with van der Waals surface area (Å²) in [5.41, 5.74) is -0.333. The van der Waals surface area contributed by atoms with E-state index in [4.69, 9.17) is 9.84 Å². The fourth-order valence-electron chi connectivity index (χ4n) is 1.55. The molecule has 0 aliphatic carbocycles. The van der Waals surface area contributed by atoms with Crippen molar-refractivity contribution >= 4 is 17.5 Å². The third-order valence-corrected chi connectivity index (χ3v) is 2.63. The molecule has 1 aromatic rings. The summed E-state index contributed by atoms with van der Waals surface area (Å²) in [4.78, 5) is 28.3. The number of nitrogens with one attached hydrogen (secondary N) is 1. The molecule has 1 atom stereocenters. The Kier molecular flexibility index (Phi) is 5.63. The Morgan fingerprint density at radius 1 is 1.60 bits per heavy atom. The second-order valence-electron chi connectivity index (χ2n) is 4.26. The number of aromatic nitrogens is 2. The van der Waals surface area contributed by atoms with Crippen molar-refractivity contribution in [2.75, 3.05) is 19.0 Å². The minimum absolute atomic E-state index is 0.0339. The molecule has 2 N–H and O–H groups in total. The summed E-state index contributed by atoms with van der Waals surface area (Å²) < 4.78 is 4.82. The van der Waals surface area contributed by atoms with Crippen molar-refractivity contribution in [1.82, 2.24) is 9.97 Å². The largest absolute Gasteiger partial charge is 0.481 e. The predicted molar refractivity (Wildman–Crippen MR) is 69.8 cm³/mol. The van der Waals surface area contributed by atoms with Gasteiger partial charge in [0.15, 0.2) is 0 Å². The molecule has 0 radical (unpaired) electrons. The summed E-state index contributed by atoms with van der Waals surface area (Å²) in [5, 5.41) is 22.4. The number of carboxylic acids is 1. The zero-order valence-corrected chi connectivity index (χ0v) is 11.2. The molecule has 1 rings (SSSR count). The Bertz CT molecular complexity index is 494. The summed E-state index contributed by atoms with van der Waals surface area (Å²) in [7, 11) is 1.29. The number of aliphatic carboxylic acids is 1. The van der Waals surface area contributed by atoms with Crippen LogP contribution in [0.1, 0.15) is 19.8 Å². The molecular formula is C11H16N4O5. The molecule has 110 valence electrons. The maximum atomic E-state index is 11.0. The average molecular weight is 284 g/mol. The van der Waals surface area contributed by atoms with Crippen LogP contribution in [0.2, 0.25) is 0 Å². The molecule has 9 nitrogen and oxygen atoms in total. The van der Waals surface area contributed by atoms with E-state index in [2.05, 4.69) is 15.3 Å². The molecule has 1 heterocycles. The lowest BCUT2D eigenvalue weighted by Crippen LogP contribution is -2.15. The van der Waals surface area contributed by atoms with E-state index in [-0.39, 0.29) is 29.7 Å². The van der Waals surface area contributed by atoms with Crippen molar-refractivity contribution in [1.29, 1.82) is 0 Å². The summed E-state index contributed by atoms with van der Waals surface area (Å²) >= 11 is 0. The van der Waals surface area contributed by atoms with Gasteiger partial charge in [0.2, 0.25) is 5.82 Å². The Morgan fingerprint density at radius 3 is 2.85 bits per heavy atom. The van der Waals surface area contributed by atoms with Gasteiger partial charge in [-0.3, -0.25) is 14.9 Å². The van der Waals surface area contributed by atoms with Gasteiger partial charge in [-0.25, -0.2) is 4.98 Å². The van der Waals surface area contributed by atoms with Crippen LogP contribution in [-0.4, -0.2) is 39.6 Å². The standard InChI is InChI=1S/C11H16N4O5/c1-7(3-4-8(16)17)5-12-10-9(15(18)19)11(20-2)14-6-13-10/h6-7H,3-5H2,1-2H3,(H,16,17)(H,12,13,14). The van der Waals surface area contributed by atoms with Crippen molar-refractivity contribution in [2.45, 2.75) is 19.8 Å². The number of nitro groups is 1. The van der Waals surface area contributed by atoms with E-state index in [9.17, 15) is 14.9 Å². The molecule has 1 aromatic heterocycles. The van der Waals surface area contributed by atoms with Gasteiger partial charge in [-0.2, -0.15) is 4.98 Å². The molecule has 0 saturated heterocycles. The van der Waals surface area contributed by atoms with E-state index in [0.717, 1.165) is 6.33 Å². The summed E-state index contributed by atoms with van der Waals surface area (Å²) in [6.07, 6.45) is 1.69. The maximum Gasteiger partial charge on any atom is 0.372 e. The van der Waals surface area contributed by atoms with Gasteiger partial charge in [0.05, 0.1) is 12.0 Å². The summed E-state index contributed by atoms with van der Waals surface area (Å²) in [6.45, 7) is 2.22. The minimum Gasteiger partial charge on any atom is -0.481 e. The summed E-state index contributed by atoms with van der Waals surface area (Å²) in [5.74, 6) is -0.895. The lowest BCUT2D eigenvalue weighted by molar-refractivity contribution is -0.385. The van der Waals surface area contributed by atoms with Crippen molar-refractivity contribution < 1.29 is 19.6 Å². The van der Waals surface area contributed by atoms with Gasteiger partial charge < -0.3 is 15.2 Å². The van der Waals surface area contributed by atoms with Gasteiger partial charge in [-0.05, 0) is 12.3 Å². The molecule has 0 aliphatic heterocycles. The van der Waals surface area contributed by atoms with Crippen LogP contribution in [0.3, 0.4) is 0 Å². The highest BCUT2D eigenvalue weighted by Gasteiger charge is 2.23. The van der Waals surface area contributed by atoms with Crippen LogP contribution >= 0.6 is 0 Å². The Morgan fingerprint density at radius 2 is 2.30 bits per heavy atom. The van der Waals surface area contributed by atoms with Gasteiger partial charge in [-0.15, -0.1) is 0 Å². The van der Waals surface area contributed by atoms with Crippen LogP contribution in [0.25, 0.3) is 0 Å². The molecule has 9 heteroatoms. The molecule has 0 aromatic carbocycles. The number of anilines is 1. The zero-order chi connectivity index (χ0) is 15.1. The van der Waals surface area contributed by atoms with E-state index < -0.39 is 10.9 Å². The highest BCUT2D eigenvalue weighted by atomic mass is 16.6. The van der Waals surface area contributed by atoms with Crippen LogP contribution in [0, 0.1) is 16.0 Å². The fourth-order valence-corrected chi connectivity index (χ4v) is 1.55. The van der Waals surface area contributed by atoms with Crippen LogP contribution in [-0.2, 0) is 4.79 Å². The normalized spacial score (nSPS) is 11.7. The number of methoxy groups -OCH3 is 1. The molecule has 0 bridgehead atoms. The molecule has 0 spiro atoms. The molecular weight excluding hydrogens is 268 g/mol. The van der Waals surface area contributed by atoms with Crippen molar-refractivity contribution in [3.63, 3.8) is 0 Å². The first-order valence-electron chi connectivity index (χ1n) is 5.94. The zero-order valence-electron chi connectivity index (χ0n) is 11.2. The first-order valence-corrected chi connectivity index (χ1v) is 5.94. The minimum atomic E-state index is -0.869. The van der Waals surface area contributed by atoms with E-state index in [1.807, 2.05) is 6.92 Å². The topological polar surface area (TPSA) is 127 Å². The number of hydrogen-bond donors (Lipinski definition) is 2. The second kappa shape index (κ2) is 7.22. The smallest absolute Gasteiger partial charge is 0.372 e. The lowest BCUT2D eigenvalue weighted by atomic mass is 10.1. The number of hydrogen-bond acceptors (Lipinski definition) is 7. The quantitative estimate of drug-likeness (QED) is 0.540. The number of carbonyl (C=O) groups is 1. The SMILES string of the molecule is COc1ncnc(NCC(C)CCC(=O)O)c1[N+](=O)[O-]. The number of rotatable bonds is 8. The van der Waals surface area contributed by atoms with Crippen LogP contribution in [0.5, 0.6) is 5.88 Å². The van der Waals surface area contributed by atoms with Crippen LogP contribution in [0.15, 0.2) is 6.33 Å². The summed E-state index contributed by atoms with van der Waals surface area (Å²) in [6, 6.07) is 0. The van der Waals surface area contributed by atoms with Gasteiger partial charge in [0.25, 0.3) is 5.88 Å². The Hall–Kier alpha value is -2.45. The molecule has 20 heavy (non-hydrogen) atoms. The van der Waals surface area contributed by atoms with Crippen molar-refractivity contribution in [3.05, 3.63) is 16.4 Å². The molecule has 1 unspecified atom stereocenters. The van der Waals surface area contributed by atoms with E-state index in [0.29, 0.717) is 13.0 Å². The monoisotopic (exact) mass is 284 g/mol. The molecule has 0 saturated carbocycles. The fraction of sp³-hybridized carbons (Fsp3) is 0.545. The highest BCUT2D eigenvalue weighted by molar-refractivity contribution is 5.66. The van der Waals surface area contributed by atoms with E-state index in [1.165, 1.54) is 7.11 Å². The maximum absolute atomic E-state index is 11.0. The third-order valence-electron chi connectivity index (χ3n) is 2.63. The van der Waals surface area contributed by atoms with E-state index in [1.54, 1.807) is 0 Å². The van der Waals surface area contributed by atoms with E-state index >= 15 is 0 Å². The third kappa shape index (κ3) is 4.34. The van der Waals surface area contributed by atoms with Crippen LogP contribution < -0.4 is 10.1 Å². The predicted octanol–water partition coefficient (Wildman–Crippen LogP) is 1.31. The average Bonchev–Trinajstić information content (AvgIpc) is 2.41. The second-order valence-corrected chi connectivity index (χ2v) is 4.26. The molecule has 0 fully saturated rings. The van der Waals surface area contributed by atoms with Crippen molar-refractivity contribution in [3.8, 4) is 5.88 Å². The molecule has 0 amide bonds. The van der Waals surface area contributed by atoms with Gasteiger partial charge in [0, 0.05) is 13.0 Å². The van der Waals surface area contributed by atoms with Crippen molar-refractivity contribution in [2.24, 2.45) is 5.92 Å². The highest BCUT2D eigenvalue weighted by Crippen LogP contribution is 2.30. The van der Waals surface area contributed by atoms with Crippen LogP contribution in [0.4, 0.5) is 11.5 Å². The lowest BCUT2D eigenvalue weighted by Gasteiger charge is -2.12. The molecule has 0 aliphatic rings. The van der Waals surface area contributed by atoms with Gasteiger partial charge in [-0.1, -0.05) is 6.92 Å². The Balaban J connectivity index is 2.72. The van der Waals surface area contributed by atoms with Gasteiger partial charge >= 0.3 is 11.7 Å². The first kappa shape index (κ1) is 15.6. The number of ether oxygens (including phenoxy) is 1.